The van der Waals surface area contributed by atoms with E-state index in [0.717, 1.165) is 32.4 Å². The number of hydrogen-bond donors (Lipinski definition) is 0. The first-order chi connectivity index (χ1) is 8.46. The van der Waals surface area contributed by atoms with Crippen LogP contribution in [0.25, 0.3) is 0 Å². The Balaban J connectivity index is 1.75. The Bertz CT molecular complexity index is 404. The second-order valence-corrected chi connectivity index (χ2v) is 8.12. The van der Waals surface area contributed by atoms with Crippen molar-refractivity contribution in [1.29, 1.82) is 0 Å². The maximum atomic E-state index is 12.0. The zero-order chi connectivity index (χ0) is 13.2. The molecule has 2 unspecified atom stereocenters. The van der Waals surface area contributed by atoms with Crippen LogP contribution in [0.1, 0.15) is 39.0 Å². The number of rotatable bonds is 3. The molecule has 2 atom stereocenters. The van der Waals surface area contributed by atoms with Crippen LogP contribution in [-0.4, -0.2) is 43.8 Å². The molecular formula is C13H23NO3S. The van der Waals surface area contributed by atoms with Gasteiger partial charge in [0, 0.05) is 19.5 Å². The van der Waals surface area contributed by atoms with Gasteiger partial charge in [0.1, 0.15) is 0 Å². The molecule has 0 aromatic carbocycles. The fourth-order valence-electron chi connectivity index (χ4n) is 3.00. The van der Waals surface area contributed by atoms with Crippen molar-refractivity contribution < 1.29 is 13.2 Å². The lowest BCUT2D eigenvalue weighted by Crippen LogP contribution is -2.39. The molecule has 5 heteroatoms. The van der Waals surface area contributed by atoms with Crippen LogP contribution >= 0.6 is 0 Å². The Morgan fingerprint density at radius 2 is 2.11 bits per heavy atom. The fraction of sp³-hybridized carbons (Fsp3) is 0.923. The van der Waals surface area contributed by atoms with E-state index >= 15 is 0 Å². The molecule has 1 amide bonds. The number of sulfone groups is 1. The summed E-state index contributed by atoms with van der Waals surface area (Å²) in [4.78, 5) is 14.0. The first kappa shape index (κ1) is 13.8. The van der Waals surface area contributed by atoms with Crippen molar-refractivity contribution in [3.63, 3.8) is 0 Å². The molecule has 0 aromatic rings. The summed E-state index contributed by atoms with van der Waals surface area (Å²) in [6.45, 7) is 3.94. The van der Waals surface area contributed by atoms with E-state index in [-0.39, 0.29) is 17.6 Å². The average Bonchev–Trinajstić information content (AvgIpc) is 2.66. The maximum absolute atomic E-state index is 12.0. The van der Waals surface area contributed by atoms with Gasteiger partial charge >= 0.3 is 0 Å². The summed E-state index contributed by atoms with van der Waals surface area (Å²) in [5, 5.41) is 0. The van der Waals surface area contributed by atoms with Gasteiger partial charge in [-0.15, -0.1) is 0 Å². The molecule has 2 heterocycles. The Morgan fingerprint density at radius 1 is 1.33 bits per heavy atom. The molecule has 2 aliphatic rings. The van der Waals surface area contributed by atoms with Crippen molar-refractivity contribution in [2.45, 2.75) is 39.0 Å². The van der Waals surface area contributed by atoms with Crippen LogP contribution < -0.4 is 0 Å². The van der Waals surface area contributed by atoms with Crippen LogP contribution in [0.2, 0.25) is 0 Å². The van der Waals surface area contributed by atoms with E-state index < -0.39 is 9.84 Å². The highest BCUT2D eigenvalue weighted by atomic mass is 32.2. The number of likely N-dealkylation sites (tertiary alicyclic amines) is 1. The highest BCUT2D eigenvalue weighted by Crippen LogP contribution is 2.24. The lowest BCUT2D eigenvalue weighted by atomic mass is 9.98. The molecule has 2 fully saturated rings. The number of nitrogens with zero attached hydrogens (tertiary/aromatic N) is 1. The lowest BCUT2D eigenvalue weighted by molar-refractivity contribution is -0.133. The van der Waals surface area contributed by atoms with E-state index in [0.29, 0.717) is 18.1 Å². The largest absolute Gasteiger partial charge is 0.342 e. The number of hydrogen-bond acceptors (Lipinski definition) is 3. The Morgan fingerprint density at radius 3 is 2.72 bits per heavy atom. The summed E-state index contributed by atoms with van der Waals surface area (Å²) in [6.07, 6.45) is 4.32. The van der Waals surface area contributed by atoms with Gasteiger partial charge in [-0.05, 0) is 37.5 Å². The minimum atomic E-state index is -2.80. The molecule has 2 aliphatic heterocycles. The molecule has 0 aromatic heterocycles. The van der Waals surface area contributed by atoms with Gasteiger partial charge in [-0.2, -0.15) is 0 Å². The molecular weight excluding hydrogens is 250 g/mol. The molecule has 0 bridgehead atoms. The Kier molecular flexibility index (Phi) is 4.30. The third kappa shape index (κ3) is 3.70. The maximum Gasteiger partial charge on any atom is 0.222 e. The Labute approximate surface area is 110 Å². The molecule has 0 radical (unpaired) electrons. The Hall–Kier alpha value is -0.580. The molecule has 104 valence electrons. The van der Waals surface area contributed by atoms with E-state index in [1.54, 1.807) is 0 Å². The molecule has 18 heavy (non-hydrogen) atoms. The van der Waals surface area contributed by atoms with Gasteiger partial charge in [-0.3, -0.25) is 4.79 Å². The summed E-state index contributed by atoms with van der Waals surface area (Å²) < 4.78 is 22.7. The normalized spacial score (nSPS) is 31.5. The van der Waals surface area contributed by atoms with Crippen molar-refractivity contribution in [2.75, 3.05) is 24.6 Å². The molecule has 4 nitrogen and oxygen atoms in total. The molecule has 2 saturated heterocycles. The van der Waals surface area contributed by atoms with Gasteiger partial charge in [0.15, 0.2) is 9.84 Å². The average molecular weight is 273 g/mol. The second kappa shape index (κ2) is 5.59. The van der Waals surface area contributed by atoms with Crippen LogP contribution in [-0.2, 0) is 14.6 Å². The lowest BCUT2D eigenvalue weighted by Gasteiger charge is -2.31. The van der Waals surface area contributed by atoms with Gasteiger partial charge in [0.05, 0.1) is 11.5 Å². The SMILES string of the molecule is CC1CCCN(C(=O)CCC2CCS(=O)(=O)C2)C1. The zero-order valence-corrected chi connectivity index (χ0v) is 11.9. The van der Waals surface area contributed by atoms with Crippen LogP contribution in [0.5, 0.6) is 0 Å². The van der Waals surface area contributed by atoms with Crippen molar-refractivity contribution in [3.8, 4) is 0 Å². The van der Waals surface area contributed by atoms with Crippen molar-refractivity contribution in [1.82, 2.24) is 4.90 Å². The predicted molar refractivity (Wildman–Crippen MR) is 71.0 cm³/mol. The molecule has 0 N–H and O–H groups in total. The van der Waals surface area contributed by atoms with Crippen LogP contribution in [0.3, 0.4) is 0 Å². The highest BCUT2D eigenvalue weighted by Gasteiger charge is 2.29. The molecule has 0 aliphatic carbocycles. The predicted octanol–water partition coefficient (Wildman–Crippen LogP) is 1.46. The molecule has 0 saturated carbocycles. The topological polar surface area (TPSA) is 54.5 Å². The quantitative estimate of drug-likeness (QED) is 0.782. The summed E-state index contributed by atoms with van der Waals surface area (Å²) >= 11 is 0. The third-order valence-electron chi connectivity index (χ3n) is 4.10. The van der Waals surface area contributed by atoms with Gasteiger partial charge < -0.3 is 4.90 Å². The number of amides is 1. The van der Waals surface area contributed by atoms with Gasteiger partial charge in [0.25, 0.3) is 0 Å². The van der Waals surface area contributed by atoms with Crippen molar-refractivity contribution in [2.24, 2.45) is 11.8 Å². The van der Waals surface area contributed by atoms with E-state index in [1.165, 1.54) is 6.42 Å². The first-order valence-corrected chi connectivity index (χ1v) is 8.76. The van der Waals surface area contributed by atoms with E-state index in [4.69, 9.17) is 0 Å². The van der Waals surface area contributed by atoms with Crippen molar-refractivity contribution in [3.05, 3.63) is 0 Å². The van der Waals surface area contributed by atoms with Crippen LogP contribution in [0.4, 0.5) is 0 Å². The van der Waals surface area contributed by atoms with Crippen LogP contribution in [0, 0.1) is 11.8 Å². The van der Waals surface area contributed by atoms with Gasteiger partial charge in [0.2, 0.25) is 5.91 Å². The van der Waals surface area contributed by atoms with Gasteiger partial charge in [-0.25, -0.2) is 8.42 Å². The summed E-state index contributed by atoms with van der Waals surface area (Å²) in [6, 6.07) is 0. The fourth-order valence-corrected chi connectivity index (χ4v) is 4.91. The van der Waals surface area contributed by atoms with E-state index in [9.17, 15) is 13.2 Å². The number of carbonyl (C=O) groups excluding carboxylic acids is 1. The standard InChI is InChI=1S/C13H23NO3S/c1-11-3-2-7-14(9-11)13(15)5-4-12-6-8-18(16,17)10-12/h11-12H,2-10H2,1H3. The minimum absolute atomic E-state index is 0.209. The minimum Gasteiger partial charge on any atom is -0.342 e. The number of piperidine rings is 1. The summed E-state index contributed by atoms with van der Waals surface area (Å²) in [5.41, 5.74) is 0. The van der Waals surface area contributed by atoms with Crippen LogP contribution in [0.15, 0.2) is 0 Å². The van der Waals surface area contributed by atoms with E-state index in [2.05, 4.69) is 6.92 Å². The number of carbonyl (C=O) groups is 1. The van der Waals surface area contributed by atoms with E-state index in [1.807, 2.05) is 4.90 Å². The third-order valence-corrected chi connectivity index (χ3v) is 5.94. The zero-order valence-electron chi connectivity index (χ0n) is 11.1. The first-order valence-electron chi connectivity index (χ1n) is 6.94. The van der Waals surface area contributed by atoms with Gasteiger partial charge in [-0.1, -0.05) is 6.92 Å². The molecule has 0 spiro atoms. The highest BCUT2D eigenvalue weighted by molar-refractivity contribution is 7.91. The monoisotopic (exact) mass is 273 g/mol. The summed E-state index contributed by atoms with van der Waals surface area (Å²) in [7, 11) is -2.80. The summed E-state index contributed by atoms with van der Waals surface area (Å²) in [5.74, 6) is 1.63. The van der Waals surface area contributed by atoms with Crippen molar-refractivity contribution >= 4 is 15.7 Å². The second-order valence-electron chi connectivity index (χ2n) is 5.89. The molecule has 2 rings (SSSR count). The smallest absolute Gasteiger partial charge is 0.222 e.